The largest absolute Gasteiger partial charge is 0.462 e. The fourth-order valence-corrected chi connectivity index (χ4v) is 6.54. The van der Waals surface area contributed by atoms with Crippen LogP contribution in [0.4, 0.5) is 5.00 Å². The Labute approximate surface area is 223 Å². The molecule has 0 radical (unpaired) electrons. The molecule has 1 N–H and O–H groups in total. The van der Waals surface area contributed by atoms with Crippen LogP contribution in [0.1, 0.15) is 47.0 Å². The number of esters is 1. The van der Waals surface area contributed by atoms with Gasteiger partial charge in [-0.1, -0.05) is 30.0 Å². The van der Waals surface area contributed by atoms with E-state index >= 15 is 0 Å². The first kappa shape index (κ1) is 25.2. The van der Waals surface area contributed by atoms with Crippen LogP contribution in [-0.4, -0.2) is 44.0 Å². The van der Waals surface area contributed by atoms with Crippen LogP contribution in [-0.2, 0) is 22.4 Å². The van der Waals surface area contributed by atoms with Crippen molar-refractivity contribution in [3.8, 4) is 17.1 Å². The van der Waals surface area contributed by atoms with E-state index in [1.807, 2.05) is 47.0 Å². The topological polar surface area (TPSA) is 99.0 Å². The zero-order valence-electron chi connectivity index (χ0n) is 20.5. The zero-order valence-corrected chi connectivity index (χ0v) is 22.1. The van der Waals surface area contributed by atoms with Crippen LogP contribution in [0.25, 0.3) is 17.1 Å². The van der Waals surface area contributed by atoms with E-state index < -0.39 is 0 Å². The van der Waals surface area contributed by atoms with Crippen molar-refractivity contribution in [3.63, 3.8) is 0 Å². The SMILES string of the molecule is CCOC(=O)c1c(NC(=O)CCSc2nnc(-c3cccnc3)n2-c2ccccc2)sc2c1CCCC2. The molecule has 190 valence electrons. The van der Waals surface area contributed by atoms with E-state index in [-0.39, 0.29) is 18.3 Å². The Morgan fingerprint density at radius 1 is 1.11 bits per heavy atom. The van der Waals surface area contributed by atoms with E-state index in [0.717, 1.165) is 42.5 Å². The summed E-state index contributed by atoms with van der Waals surface area (Å²) in [6.07, 6.45) is 7.67. The Bertz CT molecular complexity index is 1390. The number of benzene rings is 1. The summed E-state index contributed by atoms with van der Waals surface area (Å²) in [6.45, 7) is 2.09. The molecule has 8 nitrogen and oxygen atoms in total. The van der Waals surface area contributed by atoms with Crippen molar-refractivity contribution in [2.75, 3.05) is 17.7 Å². The molecule has 37 heavy (non-hydrogen) atoms. The maximum atomic E-state index is 12.9. The van der Waals surface area contributed by atoms with Crippen molar-refractivity contribution in [3.05, 3.63) is 70.9 Å². The van der Waals surface area contributed by atoms with Crippen LogP contribution in [0.15, 0.2) is 60.0 Å². The lowest BCUT2D eigenvalue weighted by atomic mass is 9.95. The van der Waals surface area contributed by atoms with E-state index in [1.54, 1.807) is 19.3 Å². The molecule has 3 aromatic heterocycles. The van der Waals surface area contributed by atoms with Crippen molar-refractivity contribution in [1.82, 2.24) is 19.7 Å². The number of nitrogens with one attached hydrogen (secondary N) is 1. The molecule has 5 rings (SSSR count). The predicted octanol–water partition coefficient (Wildman–Crippen LogP) is 5.57. The van der Waals surface area contributed by atoms with Crippen molar-refractivity contribution in [1.29, 1.82) is 0 Å². The first-order valence-corrected chi connectivity index (χ1v) is 14.1. The molecule has 0 spiro atoms. The van der Waals surface area contributed by atoms with Crippen LogP contribution in [0.2, 0.25) is 0 Å². The summed E-state index contributed by atoms with van der Waals surface area (Å²) in [5, 5.41) is 13.1. The first-order valence-electron chi connectivity index (χ1n) is 12.3. The van der Waals surface area contributed by atoms with Gasteiger partial charge in [-0.2, -0.15) is 0 Å². The highest BCUT2D eigenvalue weighted by Gasteiger charge is 2.27. The predicted molar refractivity (Wildman–Crippen MR) is 145 cm³/mol. The molecule has 1 amide bonds. The number of para-hydroxylation sites is 1. The number of hydrogen-bond donors (Lipinski definition) is 1. The number of fused-ring (bicyclic) bond motifs is 1. The van der Waals surface area contributed by atoms with Gasteiger partial charge in [-0.15, -0.1) is 21.5 Å². The van der Waals surface area contributed by atoms with Gasteiger partial charge in [0.25, 0.3) is 0 Å². The van der Waals surface area contributed by atoms with Gasteiger partial charge in [0.05, 0.1) is 12.2 Å². The van der Waals surface area contributed by atoms with E-state index in [0.29, 0.717) is 33.9 Å². The van der Waals surface area contributed by atoms with Gasteiger partial charge in [0.2, 0.25) is 5.91 Å². The van der Waals surface area contributed by atoms with Gasteiger partial charge in [0.15, 0.2) is 11.0 Å². The number of amides is 1. The highest BCUT2D eigenvalue weighted by atomic mass is 32.2. The Kier molecular flexibility index (Phi) is 7.96. The Morgan fingerprint density at radius 3 is 2.73 bits per heavy atom. The number of thioether (sulfide) groups is 1. The van der Waals surface area contributed by atoms with Gasteiger partial charge >= 0.3 is 5.97 Å². The zero-order chi connectivity index (χ0) is 25.6. The number of pyridine rings is 1. The minimum Gasteiger partial charge on any atom is -0.462 e. The van der Waals surface area contributed by atoms with Crippen LogP contribution in [0, 0.1) is 0 Å². The number of anilines is 1. The Morgan fingerprint density at radius 2 is 1.95 bits per heavy atom. The number of carbonyl (C=O) groups is 2. The number of aryl methyl sites for hydroxylation is 1. The highest BCUT2D eigenvalue weighted by molar-refractivity contribution is 7.99. The molecule has 0 aliphatic heterocycles. The third-order valence-electron chi connectivity index (χ3n) is 6.03. The molecule has 4 aromatic rings. The van der Waals surface area contributed by atoms with Crippen LogP contribution in [0.3, 0.4) is 0 Å². The fraction of sp³-hybridized carbons (Fsp3) is 0.296. The second-order valence-electron chi connectivity index (χ2n) is 8.50. The summed E-state index contributed by atoms with van der Waals surface area (Å²) >= 11 is 2.97. The first-order chi connectivity index (χ1) is 18.2. The van der Waals surface area contributed by atoms with Gasteiger partial charge in [-0.3, -0.25) is 14.3 Å². The third-order valence-corrected chi connectivity index (χ3v) is 8.17. The lowest BCUT2D eigenvalue weighted by molar-refractivity contribution is -0.115. The van der Waals surface area contributed by atoms with Gasteiger partial charge in [-0.25, -0.2) is 4.79 Å². The smallest absolute Gasteiger partial charge is 0.341 e. The molecule has 0 bridgehead atoms. The molecule has 1 aliphatic carbocycles. The summed E-state index contributed by atoms with van der Waals surface area (Å²) in [6, 6.07) is 13.7. The summed E-state index contributed by atoms with van der Waals surface area (Å²) in [5.74, 6) is 0.693. The van der Waals surface area contributed by atoms with Crippen molar-refractivity contribution in [2.24, 2.45) is 0 Å². The van der Waals surface area contributed by atoms with Crippen LogP contribution in [0.5, 0.6) is 0 Å². The highest BCUT2D eigenvalue weighted by Crippen LogP contribution is 2.39. The molecule has 1 aromatic carbocycles. The van der Waals surface area contributed by atoms with Gasteiger partial charge < -0.3 is 10.1 Å². The number of carbonyl (C=O) groups excluding carboxylic acids is 2. The monoisotopic (exact) mass is 533 g/mol. The molecule has 10 heteroatoms. The number of ether oxygens (including phenoxy) is 1. The summed E-state index contributed by atoms with van der Waals surface area (Å²) in [5.41, 5.74) is 3.36. The van der Waals surface area contributed by atoms with E-state index in [9.17, 15) is 9.59 Å². The van der Waals surface area contributed by atoms with Crippen molar-refractivity contribution in [2.45, 2.75) is 44.2 Å². The minimum absolute atomic E-state index is 0.144. The number of hydrogen-bond acceptors (Lipinski definition) is 8. The lowest BCUT2D eigenvalue weighted by Crippen LogP contribution is -2.16. The standard InChI is InChI=1S/C27H27N5O3S2/c1-2-35-26(34)23-20-12-6-7-13-21(20)37-25(23)29-22(33)14-16-36-27-31-30-24(18-9-8-15-28-17-18)32(27)19-10-4-3-5-11-19/h3-5,8-11,15,17H,2,6-7,12-14,16H2,1H3,(H,29,33). The molecular weight excluding hydrogens is 506 g/mol. The maximum Gasteiger partial charge on any atom is 0.341 e. The molecule has 0 fully saturated rings. The number of rotatable bonds is 9. The maximum absolute atomic E-state index is 12.9. The molecule has 0 atom stereocenters. The Balaban J connectivity index is 1.30. The molecule has 0 unspecified atom stereocenters. The van der Waals surface area contributed by atoms with Gasteiger partial charge in [0.1, 0.15) is 5.00 Å². The number of thiophene rings is 1. The van der Waals surface area contributed by atoms with Crippen molar-refractivity contribution >= 4 is 40.0 Å². The lowest BCUT2D eigenvalue weighted by Gasteiger charge is -2.12. The molecule has 3 heterocycles. The summed E-state index contributed by atoms with van der Waals surface area (Å²) in [7, 11) is 0. The normalized spacial score (nSPS) is 12.7. The molecule has 0 saturated heterocycles. The number of nitrogens with zero attached hydrogens (tertiary/aromatic N) is 4. The second kappa shape index (κ2) is 11.7. The fourth-order valence-electron chi connectivity index (χ4n) is 4.35. The summed E-state index contributed by atoms with van der Waals surface area (Å²) < 4.78 is 7.28. The summed E-state index contributed by atoms with van der Waals surface area (Å²) in [4.78, 5) is 31.0. The quantitative estimate of drug-likeness (QED) is 0.222. The minimum atomic E-state index is -0.356. The molecule has 1 aliphatic rings. The molecular formula is C27H27N5O3S2. The third kappa shape index (κ3) is 5.60. The number of aromatic nitrogens is 4. The van der Waals surface area contributed by atoms with Crippen LogP contribution >= 0.6 is 23.1 Å². The van der Waals surface area contributed by atoms with E-state index in [1.165, 1.54) is 28.0 Å². The van der Waals surface area contributed by atoms with Crippen LogP contribution < -0.4 is 5.32 Å². The average molecular weight is 534 g/mol. The average Bonchev–Trinajstić information content (AvgIpc) is 3.51. The van der Waals surface area contributed by atoms with E-state index in [2.05, 4.69) is 20.5 Å². The second-order valence-corrected chi connectivity index (χ2v) is 10.7. The van der Waals surface area contributed by atoms with E-state index in [4.69, 9.17) is 4.74 Å². The van der Waals surface area contributed by atoms with Gasteiger partial charge in [-0.05, 0) is 62.4 Å². The molecule has 0 saturated carbocycles. The van der Waals surface area contributed by atoms with Gasteiger partial charge in [0, 0.05) is 40.7 Å². The van der Waals surface area contributed by atoms with Crippen molar-refractivity contribution < 1.29 is 14.3 Å². The Hall–Kier alpha value is -3.50.